The van der Waals surface area contributed by atoms with E-state index >= 15 is 0 Å². The van der Waals surface area contributed by atoms with Gasteiger partial charge in [-0.05, 0) is 24.9 Å². The van der Waals surface area contributed by atoms with Gasteiger partial charge in [0.2, 0.25) is 0 Å². The fourth-order valence-corrected chi connectivity index (χ4v) is 1.74. The molecule has 0 saturated carbocycles. The first kappa shape index (κ1) is 12.4. The molecule has 0 saturated heterocycles. The third-order valence-electron chi connectivity index (χ3n) is 1.88. The van der Waals surface area contributed by atoms with Gasteiger partial charge in [0.1, 0.15) is 23.0 Å². The van der Waals surface area contributed by atoms with Crippen molar-refractivity contribution in [1.82, 2.24) is 9.97 Å². The standard InChI is InChI=1S/C9H15ClN4S/c1-15-5-3-2-4-12-9-7(10)8(11)13-6-14-9/h6H,2-5H2,1H3,(H3,11,12,13,14). The van der Waals surface area contributed by atoms with E-state index in [0.717, 1.165) is 13.0 Å². The normalized spacial score (nSPS) is 10.3. The molecule has 3 N–H and O–H groups in total. The molecule has 1 rings (SSSR count). The van der Waals surface area contributed by atoms with Crippen molar-refractivity contribution >= 4 is 35.0 Å². The van der Waals surface area contributed by atoms with Gasteiger partial charge in [-0.15, -0.1) is 0 Å². The summed E-state index contributed by atoms with van der Waals surface area (Å²) in [6, 6.07) is 0. The summed E-state index contributed by atoms with van der Waals surface area (Å²) in [5.41, 5.74) is 5.55. The van der Waals surface area contributed by atoms with Crippen molar-refractivity contribution in [2.75, 3.05) is 29.6 Å². The second-order valence-electron chi connectivity index (χ2n) is 3.05. The fraction of sp³-hybridized carbons (Fsp3) is 0.556. The van der Waals surface area contributed by atoms with E-state index in [1.807, 2.05) is 11.8 Å². The Morgan fingerprint density at radius 2 is 2.27 bits per heavy atom. The average Bonchev–Trinajstić information content (AvgIpc) is 2.24. The minimum Gasteiger partial charge on any atom is -0.382 e. The third kappa shape index (κ3) is 4.13. The van der Waals surface area contributed by atoms with Crippen molar-refractivity contribution < 1.29 is 0 Å². The summed E-state index contributed by atoms with van der Waals surface area (Å²) in [5, 5.41) is 3.55. The van der Waals surface area contributed by atoms with E-state index in [0.29, 0.717) is 16.7 Å². The molecule has 0 spiro atoms. The number of rotatable bonds is 6. The lowest BCUT2D eigenvalue weighted by molar-refractivity contribution is 0.839. The predicted octanol–water partition coefficient (Wildman–Crippen LogP) is 2.27. The molecule has 4 nitrogen and oxygen atoms in total. The summed E-state index contributed by atoms with van der Waals surface area (Å²) in [4.78, 5) is 7.81. The minimum atomic E-state index is 0.318. The highest BCUT2D eigenvalue weighted by Crippen LogP contribution is 2.22. The molecule has 0 bridgehead atoms. The number of anilines is 2. The van der Waals surface area contributed by atoms with E-state index in [9.17, 15) is 0 Å². The van der Waals surface area contributed by atoms with E-state index in [1.54, 1.807) is 0 Å². The average molecular weight is 247 g/mol. The Bertz CT molecular complexity index is 308. The van der Waals surface area contributed by atoms with Crippen molar-refractivity contribution in [1.29, 1.82) is 0 Å². The number of unbranched alkanes of at least 4 members (excludes halogenated alkanes) is 1. The quantitative estimate of drug-likeness (QED) is 0.754. The van der Waals surface area contributed by atoms with E-state index < -0.39 is 0 Å². The lowest BCUT2D eigenvalue weighted by atomic mass is 10.3. The maximum atomic E-state index is 5.92. The van der Waals surface area contributed by atoms with Crippen molar-refractivity contribution in [2.24, 2.45) is 0 Å². The summed E-state index contributed by atoms with van der Waals surface area (Å²) in [5.74, 6) is 2.12. The number of nitrogens with two attached hydrogens (primary N) is 1. The maximum Gasteiger partial charge on any atom is 0.150 e. The van der Waals surface area contributed by atoms with Gasteiger partial charge in [0.25, 0.3) is 0 Å². The molecule has 0 fully saturated rings. The molecule has 0 aromatic carbocycles. The van der Waals surface area contributed by atoms with E-state index in [1.165, 1.54) is 18.5 Å². The molecular weight excluding hydrogens is 232 g/mol. The van der Waals surface area contributed by atoms with Gasteiger partial charge >= 0.3 is 0 Å². The number of nitrogens with one attached hydrogen (secondary N) is 1. The van der Waals surface area contributed by atoms with Gasteiger partial charge in [-0.1, -0.05) is 11.6 Å². The Morgan fingerprint density at radius 3 is 3.00 bits per heavy atom. The van der Waals surface area contributed by atoms with Gasteiger partial charge in [0.05, 0.1) is 0 Å². The molecule has 0 aliphatic rings. The third-order valence-corrected chi connectivity index (χ3v) is 2.95. The van der Waals surface area contributed by atoms with Gasteiger partial charge in [0, 0.05) is 6.54 Å². The Kier molecular flexibility index (Phi) is 5.57. The molecule has 6 heteroatoms. The van der Waals surface area contributed by atoms with Crippen molar-refractivity contribution in [2.45, 2.75) is 12.8 Å². The molecule has 15 heavy (non-hydrogen) atoms. The highest BCUT2D eigenvalue weighted by atomic mass is 35.5. The highest BCUT2D eigenvalue weighted by molar-refractivity contribution is 7.98. The van der Waals surface area contributed by atoms with Crippen LogP contribution in [0.5, 0.6) is 0 Å². The first-order valence-corrected chi connectivity index (χ1v) is 6.51. The Hall–Kier alpha value is -0.680. The fourth-order valence-electron chi connectivity index (χ4n) is 1.08. The van der Waals surface area contributed by atoms with Crippen molar-refractivity contribution in [3.63, 3.8) is 0 Å². The zero-order chi connectivity index (χ0) is 11.1. The van der Waals surface area contributed by atoms with Gasteiger partial charge < -0.3 is 11.1 Å². The summed E-state index contributed by atoms with van der Waals surface area (Å²) >= 11 is 7.77. The summed E-state index contributed by atoms with van der Waals surface area (Å²) < 4.78 is 0. The van der Waals surface area contributed by atoms with Crippen molar-refractivity contribution in [3.05, 3.63) is 11.3 Å². The number of halogens is 1. The number of hydrogen-bond donors (Lipinski definition) is 2. The number of nitrogen functional groups attached to an aromatic ring is 1. The number of thioether (sulfide) groups is 1. The SMILES string of the molecule is CSCCCCNc1ncnc(N)c1Cl. The van der Waals surface area contributed by atoms with E-state index in [4.69, 9.17) is 17.3 Å². The Balaban J connectivity index is 2.34. The minimum absolute atomic E-state index is 0.318. The second-order valence-corrected chi connectivity index (χ2v) is 4.41. The topological polar surface area (TPSA) is 63.8 Å². The Labute approximate surface area is 99.0 Å². The van der Waals surface area contributed by atoms with Gasteiger partial charge in [0.15, 0.2) is 0 Å². The van der Waals surface area contributed by atoms with Crippen LogP contribution in [0.15, 0.2) is 6.33 Å². The maximum absolute atomic E-state index is 5.92. The summed E-state index contributed by atoms with van der Waals surface area (Å²) in [7, 11) is 0. The van der Waals surface area contributed by atoms with Gasteiger partial charge in [-0.25, -0.2) is 9.97 Å². The van der Waals surface area contributed by atoms with Crippen LogP contribution in [-0.2, 0) is 0 Å². The molecule has 0 aliphatic heterocycles. The first-order valence-electron chi connectivity index (χ1n) is 4.74. The van der Waals surface area contributed by atoms with Crippen LogP contribution in [0.1, 0.15) is 12.8 Å². The second kappa shape index (κ2) is 6.74. The molecule has 84 valence electrons. The smallest absolute Gasteiger partial charge is 0.150 e. The van der Waals surface area contributed by atoms with Gasteiger partial charge in [-0.2, -0.15) is 11.8 Å². The van der Waals surface area contributed by atoms with E-state index in [-0.39, 0.29) is 0 Å². The number of aromatic nitrogens is 2. The van der Waals surface area contributed by atoms with Crippen LogP contribution in [0, 0.1) is 0 Å². The molecule has 0 atom stereocenters. The zero-order valence-corrected chi connectivity index (χ0v) is 10.2. The molecule has 1 heterocycles. The van der Waals surface area contributed by atoms with Crippen LogP contribution in [0.2, 0.25) is 5.02 Å². The Morgan fingerprint density at radius 1 is 1.47 bits per heavy atom. The molecule has 0 aliphatic carbocycles. The lowest BCUT2D eigenvalue weighted by Crippen LogP contribution is -2.06. The molecule has 1 aromatic heterocycles. The van der Waals surface area contributed by atoms with Crippen LogP contribution in [0.4, 0.5) is 11.6 Å². The van der Waals surface area contributed by atoms with Crippen LogP contribution in [0.3, 0.4) is 0 Å². The predicted molar refractivity (Wildman–Crippen MR) is 67.6 cm³/mol. The summed E-state index contributed by atoms with van der Waals surface area (Å²) in [6.45, 7) is 0.858. The molecule has 0 radical (unpaired) electrons. The monoisotopic (exact) mass is 246 g/mol. The number of nitrogens with zero attached hydrogens (tertiary/aromatic N) is 2. The van der Waals surface area contributed by atoms with Crippen LogP contribution in [-0.4, -0.2) is 28.5 Å². The molecule has 1 aromatic rings. The van der Waals surface area contributed by atoms with Crippen LogP contribution in [0.25, 0.3) is 0 Å². The van der Waals surface area contributed by atoms with Gasteiger partial charge in [-0.3, -0.25) is 0 Å². The molecule has 0 unspecified atom stereocenters. The van der Waals surface area contributed by atoms with Crippen molar-refractivity contribution in [3.8, 4) is 0 Å². The summed E-state index contributed by atoms with van der Waals surface area (Å²) in [6.07, 6.45) is 5.80. The number of hydrogen-bond acceptors (Lipinski definition) is 5. The zero-order valence-electron chi connectivity index (χ0n) is 8.66. The van der Waals surface area contributed by atoms with E-state index in [2.05, 4.69) is 21.5 Å². The lowest BCUT2D eigenvalue weighted by Gasteiger charge is -2.07. The largest absolute Gasteiger partial charge is 0.382 e. The van der Waals surface area contributed by atoms with Crippen LogP contribution < -0.4 is 11.1 Å². The molecule has 0 amide bonds. The van der Waals surface area contributed by atoms with Crippen LogP contribution >= 0.6 is 23.4 Å². The highest BCUT2D eigenvalue weighted by Gasteiger charge is 2.04. The molecular formula is C9H15ClN4S. The first-order chi connectivity index (χ1) is 7.25.